The van der Waals surface area contributed by atoms with Gasteiger partial charge < -0.3 is 31.5 Å². The van der Waals surface area contributed by atoms with Crippen molar-refractivity contribution in [2.45, 2.75) is 6.04 Å². The summed E-state index contributed by atoms with van der Waals surface area (Å²) in [5.41, 5.74) is 9.63. The molecule has 9 nitrogen and oxygen atoms in total. The molecule has 0 rings (SSSR count). The molecule has 0 heterocycles. The van der Waals surface area contributed by atoms with Crippen molar-refractivity contribution in [3.05, 3.63) is 0 Å². The first-order valence-corrected chi connectivity index (χ1v) is 5.27. The van der Waals surface area contributed by atoms with Gasteiger partial charge in [-0.05, 0) is 0 Å². The number of carboxylic acid groups (broad SMARTS) is 1. The Morgan fingerprint density at radius 2 is 1.87 bits per heavy atom. The lowest BCUT2D eigenvalue weighted by Gasteiger charge is -2.07. The van der Waals surface area contributed by atoms with Crippen molar-refractivity contribution in [2.24, 2.45) is 11.5 Å². The molecule has 1 atom stereocenters. The van der Waals surface area contributed by atoms with Crippen LogP contribution in [0.1, 0.15) is 0 Å². The highest BCUT2D eigenvalue weighted by molar-refractivity contribution is 7.46. The topological polar surface area (TPSA) is 176 Å². The number of rotatable bonds is 5. The number of phosphoric acid groups is 1. The van der Waals surface area contributed by atoms with Gasteiger partial charge in [0.1, 0.15) is 6.04 Å². The van der Waals surface area contributed by atoms with E-state index >= 15 is 0 Å². The molecule has 0 aromatic carbocycles. The highest BCUT2D eigenvalue weighted by atomic mass is 31.2. The second-order valence-electron chi connectivity index (χ2n) is 2.24. The third kappa shape index (κ3) is 16.2. The largest absolute Gasteiger partial charge is 0.480 e. The Bertz CT molecular complexity index is 215. The molecule has 0 unspecified atom stereocenters. The average molecular weight is 246 g/mol. The summed E-state index contributed by atoms with van der Waals surface area (Å²) in [6.07, 6.45) is 0. The number of nitrogens with two attached hydrogens (primary N) is 2. The Balaban J connectivity index is 0. The number of carboxylic acids is 1. The van der Waals surface area contributed by atoms with Crippen LogP contribution < -0.4 is 11.5 Å². The van der Waals surface area contributed by atoms with E-state index in [1.54, 1.807) is 0 Å². The number of carbonyl (C=O) groups is 1. The Kier molecular flexibility index (Phi) is 9.84. The normalized spacial score (nSPS) is 12.6. The number of aliphatic hydroxyl groups is 1. The molecule has 0 amide bonds. The molecule has 0 bridgehead atoms. The van der Waals surface area contributed by atoms with Gasteiger partial charge in [-0.15, -0.1) is 0 Å². The van der Waals surface area contributed by atoms with Gasteiger partial charge in [-0.25, -0.2) is 4.57 Å². The Morgan fingerprint density at radius 3 is 2.07 bits per heavy atom. The molecule has 0 aliphatic heterocycles. The van der Waals surface area contributed by atoms with Crippen molar-refractivity contribution in [1.29, 1.82) is 0 Å². The summed E-state index contributed by atoms with van der Waals surface area (Å²) in [6, 6.07) is -1.41. The maximum Gasteiger partial charge on any atom is 0.469 e. The quantitative estimate of drug-likeness (QED) is 0.285. The minimum absolute atomic E-state index is 0.0972. The summed E-state index contributed by atoms with van der Waals surface area (Å²) < 4.78 is 13.8. The first-order chi connectivity index (χ1) is 6.74. The van der Waals surface area contributed by atoms with Crippen molar-refractivity contribution in [3.8, 4) is 0 Å². The summed E-state index contributed by atoms with van der Waals surface area (Å²) in [4.78, 5) is 26.1. The van der Waals surface area contributed by atoms with Crippen molar-refractivity contribution in [3.63, 3.8) is 0 Å². The highest BCUT2D eigenvalue weighted by Gasteiger charge is 2.19. The zero-order valence-corrected chi connectivity index (χ0v) is 8.71. The van der Waals surface area contributed by atoms with E-state index in [4.69, 9.17) is 31.5 Å². The smallest absolute Gasteiger partial charge is 0.469 e. The summed E-state index contributed by atoms with van der Waals surface area (Å²) in [5, 5.41) is 15.9. The van der Waals surface area contributed by atoms with Crippen molar-refractivity contribution >= 4 is 13.8 Å². The molecule has 0 fully saturated rings. The fraction of sp³-hybridized carbons (Fsp3) is 0.800. The predicted octanol–water partition coefficient (Wildman–Crippen LogP) is -2.55. The molecule has 10 heteroatoms. The van der Waals surface area contributed by atoms with Crippen LogP contribution in [-0.4, -0.2) is 51.8 Å². The van der Waals surface area contributed by atoms with Gasteiger partial charge in [0.05, 0.1) is 13.2 Å². The monoisotopic (exact) mass is 246 g/mol. The fourth-order valence-electron chi connectivity index (χ4n) is 0.249. The summed E-state index contributed by atoms with van der Waals surface area (Å²) in [5.74, 6) is -1.38. The lowest BCUT2D eigenvalue weighted by molar-refractivity contribution is -0.139. The molecule has 8 N–H and O–H groups in total. The van der Waals surface area contributed by atoms with Crippen LogP contribution in [0.5, 0.6) is 0 Å². The van der Waals surface area contributed by atoms with Gasteiger partial charge in [0, 0.05) is 6.54 Å². The van der Waals surface area contributed by atoms with Gasteiger partial charge in [-0.1, -0.05) is 0 Å². The maximum absolute atomic E-state index is 9.98. The Labute approximate surface area is 85.9 Å². The van der Waals surface area contributed by atoms with Gasteiger partial charge in [0.25, 0.3) is 0 Å². The standard InChI is InChI=1S/C3H8NO6P.C2H7NO/c4-2(3(5)6)1-10-11(7,8)9;3-1-2-4/h2H,1,4H2,(H,5,6)(H2,7,8,9);4H,1-3H2/t2-;/m0./s1. The summed E-state index contributed by atoms with van der Waals surface area (Å²) >= 11 is 0. The van der Waals surface area contributed by atoms with Gasteiger partial charge in [-0.3, -0.25) is 9.32 Å². The van der Waals surface area contributed by atoms with E-state index in [0.717, 1.165) is 0 Å². The molecule has 0 saturated carbocycles. The fourth-order valence-corrected chi connectivity index (χ4v) is 0.603. The molecule has 0 spiro atoms. The van der Waals surface area contributed by atoms with Crippen LogP contribution in [0.25, 0.3) is 0 Å². The molecule has 0 aliphatic carbocycles. The van der Waals surface area contributed by atoms with Crippen LogP contribution in [-0.2, 0) is 13.9 Å². The number of phosphoric ester groups is 1. The molecule has 92 valence electrons. The molecular formula is C5H15N2O7P. The lowest BCUT2D eigenvalue weighted by atomic mass is 10.3. The number of hydrogen-bond donors (Lipinski definition) is 6. The van der Waals surface area contributed by atoms with Gasteiger partial charge in [0.2, 0.25) is 0 Å². The Hall–Kier alpha value is -0.540. The molecule has 0 aromatic heterocycles. The average Bonchev–Trinajstić information content (AvgIpc) is 2.13. The molecule has 0 aliphatic rings. The van der Waals surface area contributed by atoms with Crippen LogP contribution in [0, 0.1) is 0 Å². The van der Waals surface area contributed by atoms with Gasteiger partial charge in [0.15, 0.2) is 0 Å². The van der Waals surface area contributed by atoms with E-state index in [1.807, 2.05) is 0 Å². The van der Waals surface area contributed by atoms with Crippen LogP contribution >= 0.6 is 7.82 Å². The zero-order valence-electron chi connectivity index (χ0n) is 7.81. The SMILES string of the molecule is NCCO.N[C@@H](COP(=O)(O)O)C(=O)O. The maximum atomic E-state index is 9.98. The van der Waals surface area contributed by atoms with Crippen LogP contribution in [0.15, 0.2) is 0 Å². The first-order valence-electron chi connectivity index (χ1n) is 3.74. The van der Waals surface area contributed by atoms with Gasteiger partial charge in [-0.2, -0.15) is 0 Å². The van der Waals surface area contributed by atoms with Crippen molar-refractivity contribution in [1.82, 2.24) is 0 Å². The third-order valence-electron chi connectivity index (χ3n) is 0.869. The van der Waals surface area contributed by atoms with Crippen LogP contribution in [0.4, 0.5) is 0 Å². The molecule has 0 aromatic rings. The summed E-state index contributed by atoms with van der Waals surface area (Å²) in [7, 11) is -4.60. The van der Waals surface area contributed by atoms with Crippen molar-refractivity contribution in [2.75, 3.05) is 19.8 Å². The van der Waals surface area contributed by atoms with Crippen molar-refractivity contribution < 1.29 is 33.9 Å². The number of aliphatic hydroxyl groups excluding tert-OH is 1. The highest BCUT2D eigenvalue weighted by Crippen LogP contribution is 2.35. The predicted molar refractivity (Wildman–Crippen MR) is 49.7 cm³/mol. The second kappa shape index (κ2) is 8.74. The lowest BCUT2D eigenvalue weighted by Crippen LogP contribution is -2.34. The molecule has 0 radical (unpaired) electrons. The van der Waals surface area contributed by atoms with E-state index in [1.165, 1.54) is 0 Å². The van der Waals surface area contributed by atoms with E-state index in [2.05, 4.69) is 4.52 Å². The molecule has 15 heavy (non-hydrogen) atoms. The Morgan fingerprint density at radius 1 is 1.47 bits per heavy atom. The van der Waals surface area contributed by atoms with E-state index in [-0.39, 0.29) is 6.61 Å². The number of aliphatic carboxylic acids is 1. The zero-order chi connectivity index (χ0) is 12.5. The van der Waals surface area contributed by atoms with Crippen LogP contribution in [0.3, 0.4) is 0 Å². The second-order valence-corrected chi connectivity index (χ2v) is 3.48. The third-order valence-corrected chi connectivity index (χ3v) is 1.35. The van der Waals surface area contributed by atoms with E-state index in [9.17, 15) is 9.36 Å². The van der Waals surface area contributed by atoms with E-state index < -0.39 is 26.4 Å². The minimum Gasteiger partial charge on any atom is -0.480 e. The molecular weight excluding hydrogens is 231 g/mol. The first kappa shape index (κ1) is 16.9. The summed E-state index contributed by atoms with van der Waals surface area (Å²) in [6.45, 7) is -0.236. The minimum atomic E-state index is -4.60. The number of hydrogen-bond acceptors (Lipinski definition) is 6. The van der Waals surface area contributed by atoms with Crippen LogP contribution in [0.2, 0.25) is 0 Å². The van der Waals surface area contributed by atoms with E-state index in [0.29, 0.717) is 6.54 Å². The molecule has 0 saturated heterocycles. The van der Waals surface area contributed by atoms with Gasteiger partial charge >= 0.3 is 13.8 Å².